The lowest BCUT2D eigenvalue weighted by molar-refractivity contribution is -0.134. The molecule has 0 spiro atoms. The van der Waals surface area contributed by atoms with Crippen molar-refractivity contribution in [3.05, 3.63) is 30.3 Å². The van der Waals surface area contributed by atoms with E-state index in [1.807, 2.05) is 0 Å². The van der Waals surface area contributed by atoms with Gasteiger partial charge in [-0.15, -0.1) is 0 Å². The van der Waals surface area contributed by atoms with Gasteiger partial charge < -0.3 is 9.80 Å². The predicted molar refractivity (Wildman–Crippen MR) is 121 cm³/mol. The van der Waals surface area contributed by atoms with Crippen molar-refractivity contribution in [3.8, 4) is 0 Å². The third-order valence-corrected chi connectivity index (χ3v) is 6.79. The second-order valence-electron chi connectivity index (χ2n) is 10.2. The smallest absolute Gasteiger partial charge is 0.222 e. The molecular weight excluding hydrogens is 360 g/mol. The molecule has 29 heavy (non-hydrogen) atoms. The molecule has 162 valence electrons. The summed E-state index contributed by atoms with van der Waals surface area (Å²) < 4.78 is 0. The lowest BCUT2D eigenvalue weighted by Gasteiger charge is -2.45. The summed E-state index contributed by atoms with van der Waals surface area (Å²) in [5, 5.41) is 0. The molecule has 0 unspecified atom stereocenters. The van der Waals surface area contributed by atoms with E-state index in [4.69, 9.17) is 0 Å². The summed E-state index contributed by atoms with van der Waals surface area (Å²) in [6.45, 7) is 19.3. The quantitative estimate of drug-likeness (QED) is 0.759. The monoisotopic (exact) mass is 400 g/mol. The molecule has 3 rings (SSSR count). The van der Waals surface area contributed by atoms with E-state index in [0.29, 0.717) is 12.3 Å². The number of rotatable bonds is 5. The van der Waals surface area contributed by atoms with Gasteiger partial charge in [-0.25, -0.2) is 0 Å². The van der Waals surface area contributed by atoms with Crippen LogP contribution in [0.2, 0.25) is 0 Å². The minimum Gasteiger partial charge on any atom is -0.369 e. The van der Waals surface area contributed by atoms with Gasteiger partial charge in [-0.05, 0) is 53.2 Å². The maximum atomic E-state index is 12.8. The number of carbonyl (C=O) groups is 1. The van der Waals surface area contributed by atoms with Crippen molar-refractivity contribution in [2.45, 2.75) is 58.5 Å². The number of hydrogen-bond donors (Lipinski definition) is 0. The number of benzene rings is 1. The van der Waals surface area contributed by atoms with Crippen LogP contribution in [0.25, 0.3) is 0 Å². The molecule has 2 saturated heterocycles. The van der Waals surface area contributed by atoms with Crippen LogP contribution in [0.5, 0.6) is 0 Å². The summed E-state index contributed by atoms with van der Waals surface area (Å²) in [7, 11) is 0. The zero-order valence-corrected chi connectivity index (χ0v) is 19.2. The Bertz CT molecular complexity index is 651. The van der Waals surface area contributed by atoms with E-state index < -0.39 is 0 Å². The van der Waals surface area contributed by atoms with Crippen molar-refractivity contribution in [2.75, 3.05) is 57.3 Å². The van der Waals surface area contributed by atoms with Gasteiger partial charge in [-0.3, -0.25) is 14.6 Å². The minimum absolute atomic E-state index is 0.0612. The SMILES string of the molecule is CC(C)(C)N1CCN(C(=O)CCC(C)(C)N2CCN(c3ccccc3)CC2)CC1. The minimum atomic E-state index is 0.0612. The topological polar surface area (TPSA) is 30.0 Å². The Morgan fingerprint density at radius 1 is 0.793 bits per heavy atom. The molecule has 5 heteroatoms. The van der Waals surface area contributed by atoms with Crippen LogP contribution in [0.3, 0.4) is 0 Å². The second kappa shape index (κ2) is 9.05. The van der Waals surface area contributed by atoms with E-state index in [1.54, 1.807) is 0 Å². The standard InChI is InChI=1S/C24H40N4O/c1-23(2,3)27-17-15-26(16-18-27)22(29)11-12-24(4,5)28-19-13-25(14-20-28)21-9-7-6-8-10-21/h6-10H,11-20H2,1-5H3. The van der Waals surface area contributed by atoms with E-state index in [0.717, 1.165) is 58.8 Å². The highest BCUT2D eigenvalue weighted by atomic mass is 16.2. The Morgan fingerprint density at radius 2 is 1.34 bits per heavy atom. The van der Waals surface area contributed by atoms with E-state index in [1.165, 1.54) is 5.69 Å². The van der Waals surface area contributed by atoms with Crippen LogP contribution in [0.4, 0.5) is 5.69 Å². The highest BCUT2D eigenvalue weighted by molar-refractivity contribution is 5.76. The summed E-state index contributed by atoms with van der Waals surface area (Å²) in [4.78, 5) is 22.4. The Morgan fingerprint density at radius 3 is 1.90 bits per heavy atom. The van der Waals surface area contributed by atoms with E-state index in [-0.39, 0.29) is 11.1 Å². The first-order chi connectivity index (χ1) is 13.7. The van der Waals surface area contributed by atoms with Gasteiger partial charge in [0.2, 0.25) is 5.91 Å². The summed E-state index contributed by atoms with van der Waals surface area (Å²) in [6.07, 6.45) is 1.58. The fraction of sp³-hybridized carbons (Fsp3) is 0.708. The summed E-state index contributed by atoms with van der Waals surface area (Å²) in [5.74, 6) is 0.328. The van der Waals surface area contributed by atoms with Gasteiger partial charge in [0.25, 0.3) is 0 Å². The summed E-state index contributed by atoms with van der Waals surface area (Å²) in [6, 6.07) is 10.7. The molecule has 0 N–H and O–H groups in total. The number of amides is 1. The second-order valence-corrected chi connectivity index (χ2v) is 10.2. The maximum absolute atomic E-state index is 12.8. The first-order valence-corrected chi connectivity index (χ1v) is 11.2. The molecule has 1 aromatic rings. The number of anilines is 1. The Balaban J connectivity index is 1.44. The Labute approximate surface area is 177 Å². The van der Waals surface area contributed by atoms with Crippen LogP contribution in [0.1, 0.15) is 47.5 Å². The van der Waals surface area contributed by atoms with Gasteiger partial charge in [-0.1, -0.05) is 18.2 Å². The van der Waals surface area contributed by atoms with Crippen LogP contribution in [0.15, 0.2) is 30.3 Å². The van der Waals surface area contributed by atoms with Crippen LogP contribution < -0.4 is 4.90 Å². The molecule has 0 aromatic heterocycles. The van der Waals surface area contributed by atoms with Gasteiger partial charge in [0.05, 0.1) is 0 Å². The molecule has 2 aliphatic rings. The van der Waals surface area contributed by atoms with E-state index >= 15 is 0 Å². The summed E-state index contributed by atoms with van der Waals surface area (Å²) in [5.41, 5.74) is 1.57. The maximum Gasteiger partial charge on any atom is 0.222 e. The van der Waals surface area contributed by atoms with Crippen molar-refractivity contribution in [1.29, 1.82) is 0 Å². The molecule has 2 heterocycles. The molecule has 0 aliphatic carbocycles. The predicted octanol–water partition coefficient (Wildman–Crippen LogP) is 3.31. The molecule has 2 fully saturated rings. The largest absolute Gasteiger partial charge is 0.369 e. The number of nitrogens with zero attached hydrogens (tertiary/aromatic N) is 4. The molecule has 1 amide bonds. The third kappa shape index (κ3) is 5.73. The molecule has 0 radical (unpaired) electrons. The van der Waals surface area contributed by atoms with Gasteiger partial charge in [0.1, 0.15) is 0 Å². The van der Waals surface area contributed by atoms with Gasteiger partial charge >= 0.3 is 0 Å². The van der Waals surface area contributed by atoms with Gasteiger partial charge in [0.15, 0.2) is 0 Å². The van der Waals surface area contributed by atoms with Crippen LogP contribution >= 0.6 is 0 Å². The zero-order valence-electron chi connectivity index (χ0n) is 19.2. The molecule has 1 aromatic carbocycles. The average molecular weight is 401 g/mol. The van der Waals surface area contributed by atoms with Crippen molar-refractivity contribution in [2.24, 2.45) is 0 Å². The van der Waals surface area contributed by atoms with E-state index in [2.05, 4.69) is 84.6 Å². The first kappa shape index (κ1) is 22.1. The van der Waals surface area contributed by atoms with E-state index in [9.17, 15) is 4.79 Å². The van der Waals surface area contributed by atoms with Crippen molar-refractivity contribution in [1.82, 2.24) is 14.7 Å². The molecular formula is C24H40N4O. The van der Waals surface area contributed by atoms with Crippen molar-refractivity contribution < 1.29 is 4.79 Å². The normalized spacial score (nSPS) is 20.2. The number of para-hydroxylation sites is 1. The number of carbonyl (C=O) groups excluding carboxylic acids is 1. The van der Waals surface area contributed by atoms with Crippen LogP contribution in [-0.4, -0.2) is 84.0 Å². The first-order valence-electron chi connectivity index (χ1n) is 11.2. The van der Waals surface area contributed by atoms with Crippen LogP contribution in [0, 0.1) is 0 Å². The lowest BCUT2D eigenvalue weighted by Crippen LogP contribution is -2.56. The Kier molecular flexibility index (Phi) is 6.90. The Hall–Kier alpha value is -1.59. The van der Waals surface area contributed by atoms with Gasteiger partial charge in [-0.2, -0.15) is 0 Å². The molecule has 0 bridgehead atoms. The number of hydrogen-bond acceptors (Lipinski definition) is 4. The zero-order chi connectivity index (χ0) is 21.1. The molecule has 5 nitrogen and oxygen atoms in total. The number of piperazine rings is 2. The molecule has 0 saturated carbocycles. The molecule has 0 atom stereocenters. The van der Waals surface area contributed by atoms with Crippen molar-refractivity contribution in [3.63, 3.8) is 0 Å². The lowest BCUT2D eigenvalue weighted by atomic mass is 9.94. The summed E-state index contributed by atoms with van der Waals surface area (Å²) >= 11 is 0. The average Bonchev–Trinajstić information content (AvgIpc) is 2.72. The fourth-order valence-corrected chi connectivity index (χ4v) is 4.56. The van der Waals surface area contributed by atoms with Crippen molar-refractivity contribution >= 4 is 11.6 Å². The molecule has 2 aliphatic heterocycles. The van der Waals surface area contributed by atoms with Gasteiger partial charge in [0, 0.05) is 75.5 Å². The highest BCUT2D eigenvalue weighted by Crippen LogP contribution is 2.25. The fourth-order valence-electron chi connectivity index (χ4n) is 4.56. The third-order valence-electron chi connectivity index (χ3n) is 6.79. The van der Waals surface area contributed by atoms with Crippen LogP contribution in [-0.2, 0) is 4.79 Å². The highest BCUT2D eigenvalue weighted by Gasteiger charge is 2.32.